The van der Waals surface area contributed by atoms with E-state index in [2.05, 4.69) is 47.8 Å². The Balaban J connectivity index is 1.77. The Morgan fingerprint density at radius 3 is 2.50 bits per heavy atom. The Morgan fingerprint density at radius 1 is 1.14 bits per heavy atom. The first-order chi connectivity index (χ1) is 10.4. The first-order valence-electron chi connectivity index (χ1n) is 6.93. The SMILES string of the molecule is O=C(OC1CC2CC(C(=O)[O-])C1C2)c1cc(Br)cc(Br)c1Br. The molecule has 0 amide bonds. The third-order valence-electron chi connectivity index (χ3n) is 4.53. The molecule has 1 aromatic rings. The lowest BCUT2D eigenvalue weighted by atomic mass is 9.86. The minimum atomic E-state index is -1.03. The fraction of sp³-hybridized carbons (Fsp3) is 0.467. The lowest BCUT2D eigenvalue weighted by molar-refractivity contribution is -0.314. The molecule has 0 saturated heterocycles. The molecule has 22 heavy (non-hydrogen) atoms. The molecule has 2 fully saturated rings. The largest absolute Gasteiger partial charge is 0.550 e. The van der Waals surface area contributed by atoms with Gasteiger partial charge in [0.25, 0.3) is 0 Å². The number of fused-ring (bicyclic) bond motifs is 2. The molecule has 2 aliphatic rings. The number of halogens is 3. The van der Waals surface area contributed by atoms with Crippen molar-refractivity contribution in [3.8, 4) is 0 Å². The number of carboxylic acid groups (broad SMARTS) is 1. The summed E-state index contributed by atoms with van der Waals surface area (Å²) in [4.78, 5) is 23.6. The molecule has 0 radical (unpaired) electrons. The summed E-state index contributed by atoms with van der Waals surface area (Å²) in [6.07, 6.45) is 1.86. The Kier molecular flexibility index (Phi) is 4.67. The number of hydrogen-bond donors (Lipinski definition) is 0. The lowest BCUT2D eigenvalue weighted by Gasteiger charge is -2.29. The molecule has 3 rings (SSSR count). The van der Waals surface area contributed by atoms with Crippen LogP contribution in [0.3, 0.4) is 0 Å². The van der Waals surface area contributed by atoms with Crippen LogP contribution in [0.25, 0.3) is 0 Å². The number of esters is 1. The van der Waals surface area contributed by atoms with Crippen LogP contribution in [0.1, 0.15) is 29.6 Å². The smallest absolute Gasteiger partial charge is 0.339 e. The highest BCUT2D eigenvalue weighted by Gasteiger charge is 2.48. The summed E-state index contributed by atoms with van der Waals surface area (Å²) in [5, 5.41) is 11.2. The van der Waals surface area contributed by atoms with Gasteiger partial charge in [0.2, 0.25) is 0 Å². The number of aliphatic carboxylic acids is 1. The molecule has 1 aromatic carbocycles. The average Bonchev–Trinajstić information content (AvgIpc) is 3.02. The summed E-state index contributed by atoms with van der Waals surface area (Å²) in [6, 6.07) is 3.51. The van der Waals surface area contributed by atoms with E-state index >= 15 is 0 Å². The number of carboxylic acids is 1. The summed E-state index contributed by atoms with van der Waals surface area (Å²) in [5.74, 6) is -1.76. The van der Waals surface area contributed by atoms with Gasteiger partial charge in [0.05, 0.1) is 5.56 Å². The number of ether oxygens (including phenoxy) is 1. The van der Waals surface area contributed by atoms with Gasteiger partial charge >= 0.3 is 5.97 Å². The van der Waals surface area contributed by atoms with E-state index in [-0.39, 0.29) is 12.0 Å². The Hall–Kier alpha value is -0.400. The zero-order valence-corrected chi connectivity index (χ0v) is 16.1. The third kappa shape index (κ3) is 2.99. The van der Waals surface area contributed by atoms with E-state index in [0.717, 1.165) is 21.8 Å². The van der Waals surface area contributed by atoms with Gasteiger partial charge in [0, 0.05) is 31.2 Å². The fourth-order valence-electron chi connectivity index (χ4n) is 3.60. The van der Waals surface area contributed by atoms with E-state index < -0.39 is 17.9 Å². The Morgan fingerprint density at radius 2 is 1.86 bits per heavy atom. The van der Waals surface area contributed by atoms with Crippen LogP contribution < -0.4 is 5.11 Å². The van der Waals surface area contributed by atoms with E-state index in [9.17, 15) is 14.7 Å². The van der Waals surface area contributed by atoms with E-state index in [0.29, 0.717) is 22.4 Å². The van der Waals surface area contributed by atoms with E-state index in [4.69, 9.17) is 4.74 Å². The fourth-order valence-corrected chi connectivity index (χ4v) is 5.21. The highest BCUT2D eigenvalue weighted by molar-refractivity contribution is 9.13. The molecule has 2 aliphatic carbocycles. The number of rotatable bonds is 3. The van der Waals surface area contributed by atoms with Crippen molar-refractivity contribution in [3.63, 3.8) is 0 Å². The van der Waals surface area contributed by atoms with Crippen LogP contribution in [0, 0.1) is 17.8 Å². The Labute approximate surface area is 153 Å². The topological polar surface area (TPSA) is 66.4 Å². The van der Waals surface area contributed by atoms with Crippen LogP contribution in [-0.4, -0.2) is 18.0 Å². The first-order valence-corrected chi connectivity index (χ1v) is 9.31. The van der Waals surface area contributed by atoms with Crippen molar-refractivity contribution < 1.29 is 19.4 Å². The maximum atomic E-state index is 12.4. The van der Waals surface area contributed by atoms with Gasteiger partial charge in [-0.15, -0.1) is 0 Å². The molecule has 4 atom stereocenters. The molecule has 0 aliphatic heterocycles. The van der Waals surface area contributed by atoms with Crippen LogP contribution >= 0.6 is 47.8 Å². The van der Waals surface area contributed by atoms with Gasteiger partial charge in [-0.2, -0.15) is 0 Å². The van der Waals surface area contributed by atoms with Crippen LogP contribution in [0.4, 0.5) is 0 Å². The van der Waals surface area contributed by atoms with Crippen molar-refractivity contribution in [1.29, 1.82) is 0 Å². The van der Waals surface area contributed by atoms with E-state index in [1.807, 2.05) is 6.07 Å². The molecule has 0 spiro atoms. The molecule has 2 saturated carbocycles. The van der Waals surface area contributed by atoms with E-state index in [1.54, 1.807) is 6.07 Å². The second kappa shape index (κ2) is 6.24. The van der Waals surface area contributed by atoms with Gasteiger partial charge in [0.1, 0.15) is 6.10 Å². The molecular formula is C15H12Br3O4-. The van der Waals surface area contributed by atoms with Gasteiger partial charge in [-0.05, 0) is 69.2 Å². The number of benzene rings is 1. The van der Waals surface area contributed by atoms with Crippen LogP contribution in [-0.2, 0) is 9.53 Å². The van der Waals surface area contributed by atoms with E-state index in [1.165, 1.54) is 0 Å². The molecule has 0 aromatic heterocycles. The lowest BCUT2D eigenvalue weighted by Crippen LogP contribution is -2.40. The highest BCUT2D eigenvalue weighted by atomic mass is 79.9. The van der Waals surface area contributed by atoms with Crippen molar-refractivity contribution in [2.75, 3.05) is 0 Å². The molecule has 2 bridgehead atoms. The zero-order chi connectivity index (χ0) is 16.0. The van der Waals surface area contributed by atoms with Gasteiger partial charge in [-0.3, -0.25) is 0 Å². The van der Waals surface area contributed by atoms with Crippen molar-refractivity contribution in [2.45, 2.75) is 25.4 Å². The molecule has 4 nitrogen and oxygen atoms in total. The quantitative estimate of drug-likeness (QED) is 0.477. The molecule has 0 heterocycles. The minimum Gasteiger partial charge on any atom is -0.550 e. The summed E-state index contributed by atoms with van der Waals surface area (Å²) in [7, 11) is 0. The van der Waals surface area contributed by atoms with Crippen molar-refractivity contribution in [3.05, 3.63) is 31.1 Å². The maximum Gasteiger partial charge on any atom is 0.339 e. The van der Waals surface area contributed by atoms with Crippen LogP contribution in [0.2, 0.25) is 0 Å². The second-order valence-electron chi connectivity index (χ2n) is 5.86. The molecule has 7 heteroatoms. The van der Waals surface area contributed by atoms with Gasteiger partial charge < -0.3 is 14.6 Å². The maximum absolute atomic E-state index is 12.4. The zero-order valence-electron chi connectivity index (χ0n) is 11.4. The Bertz CT molecular complexity index is 646. The highest BCUT2D eigenvalue weighted by Crippen LogP contribution is 2.49. The molecule has 4 unspecified atom stereocenters. The van der Waals surface area contributed by atoms with Gasteiger partial charge in [-0.25, -0.2) is 4.79 Å². The average molecular weight is 496 g/mol. The van der Waals surface area contributed by atoms with Crippen LogP contribution in [0.15, 0.2) is 25.6 Å². The summed E-state index contributed by atoms with van der Waals surface area (Å²) >= 11 is 10.1. The number of carbonyl (C=O) groups is 2. The summed E-state index contributed by atoms with van der Waals surface area (Å²) in [6.45, 7) is 0. The first kappa shape index (κ1) is 16.5. The molecule has 0 N–H and O–H groups in total. The monoisotopic (exact) mass is 493 g/mol. The minimum absolute atomic E-state index is 0.117. The summed E-state index contributed by atoms with van der Waals surface area (Å²) in [5.41, 5.74) is 0.411. The number of hydrogen-bond acceptors (Lipinski definition) is 4. The molecule has 118 valence electrons. The van der Waals surface area contributed by atoms with Crippen LogP contribution in [0.5, 0.6) is 0 Å². The molecular weight excluding hydrogens is 484 g/mol. The predicted molar refractivity (Wildman–Crippen MR) is 88.1 cm³/mol. The predicted octanol–water partition coefficient (Wildman–Crippen LogP) is 3.30. The standard InChI is InChI=1S/C15H13Br3O4/c16-7-4-10(13(18)11(17)5-7)15(21)22-12-3-6-1-8(12)9(2-6)14(19)20/h4-6,8-9,12H,1-3H2,(H,19,20)/p-1. The number of carbonyl (C=O) groups excluding carboxylic acids is 2. The normalized spacial score (nSPS) is 29.6. The van der Waals surface area contributed by atoms with Crippen molar-refractivity contribution in [2.24, 2.45) is 17.8 Å². The van der Waals surface area contributed by atoms with Gasteiger partial charge in [-0.1, -0.05) is 15.9 Å². The third-order valence-corrected chi connectivity index (χ3v) is 7.00. The van der Waals surface area contributed by atoms with Gasteiger partial charge in [0.15, 0.2) is 0 Å². The van der Waals surface area contributed by atoms with Crippen molar-refractivity contribution in [1.82, 2.24) is 0 Å². The van der Waals surface area contributed by atoms with Crippen molar-refractivity contribution >= 4 is 59.7 Å². The summed E-state index contributed by atoms with van der Waals surface area (Å²) < 4.78 is 7.73. The second-order valence-corrected chi connectivity index (χ2v) is 8.42.